The second-order valence-corrected chi connectivity index (χ2v) is 7.96. The number of ketones is 1. The minimum Gasteiger partial charge on any atom is -0.493 e. The quantitative estimate of drug-likeness (QED) is 0.533. The standard InChI is InChI=1S/C25H31NO3/c1-3-9-18-16-20-24(22(17-18)28-4-2)23-19(25(20)27)10-8-11-21(23)29-15-14-26-12-6-5-7-13-26/h8,10-11,16-17H,3-7,9,12-15H2,1-2H3. The van der Waals surface area contributed by atoms with E-state index in [2.05, 4.69) is 17.9 Å². The van der Waals surface area contributed by atoms with Crippen LogP contribution >= 0.6 is 0 Å². The molecule has 1 aliphatic heterocycles. The molecule has 0 amide bonds. The van der Waals surface area contributed by atoms with Crippen molar-refractivity contribution in [2.75, 3.05) is 32.8 Å². The molecule has 1 fully saturated rings. The molecule has 29 heavy (non-hydrogen) atoms. The average Bonchev–Trinajstić information content (AvgIpc) is 3.03. The molecule has 0 radical (unpaired) electrons. The molecule has 1 heterocycles. The van der Waals surface area contributed by atoms with E-state index < -0.39 is 0 Å². The predicted molar refractivity (Wildman–Crippen MR) is 116 cm³/mol. The maximum Gasteiger partial charge on any atom is 0.194 e. The van der Waals surface area contributed by atoms with Gasteiger partial charge in [0.1, 0.15) is 18.1 Å². The van der Waals surface area contributed by atoms with Gasteiger partial charge in [0.2, 0.25) is 0 Å². The van der Waals surface area contributed by atoms with Gasteiger partial charge in [-0.3, -0.25) is 9.69 Å². The van der Waals surface area contributed by atoms with Crippen molar-refractivity contribution in [1.29, 1.82) is 0 Å². The molecular formula is C25H31NO3. The van der Waals surface area contributed by atoms with Crippen molar-refractivity contribution in [3.05, 3.63) is 47.0 Å². The SMILES string of the molecule is CCCc1cc(OCC)c2c(c1)C(=O)c1cccc(OCCN3CCCCC3)c1-2. The first-order valence-corrected chi connectivity index (χ1v) is 11.1. The summed E-state index contributed by atoms with van der Waals surface area (Å²) in [6.45, 7) is 8.59. The van der Waals surface area contributed by atoms with Gasteiger partial charge < -0.3 is 9.47 Å². The fraction of sp³-hybridized carbons (Fsp3) is 0.480. The molecule has 4 nitrogen and oxygen atoms in total. The van der Waals surface area contributed by atoms with Gasteiger partial charge in [-0.05, 0) is 63.0 Å². The maximum absolute atomic E-state index is 13.2. The van der Waals surface area contributed by atoms with E-state index in [9.17, 15) is 4.79 Å². The molecule has 1 saturated heterocycles. The number of benzene rings is 2. The highest BCUT2D eigenvalue weighted by molar-refractivity contribution is 6.23. The van der Waals surface area contributed by atoms with E-state index in [0.29, 0.717) is 13.2 Å². The molecule has 2 aromatic rings. The minimum atomic E-state index is 0.0791. The van der Waals surface area contributed by atoms with Gasteiger partial charge in [0.15, 0.2) is 5.78 Å². The molecule has 0 saturated carbocycles. The van der Waals surface area contributed by atoms with Crippen molar-refractivity contribution in [2.45, 2.75) is 46.0 Å². The van der Waals surface area contributed by atoms with Crippen LogP contribution < -0.4 is 9.47 Å². The minimum absolute atomic E-state index is 0.0791. The Hall–Kier alpha value is -2.33. The normalized spacial score (nSPS) is 15.9. The first kappa shape index (κ1) is 20.0. The Morgan fingerprint density at radius 3 is 2.48 bits per heavy atom. The van der Waals surface area contributed by atoms with Crippen LogP contribution in [0.15, 0.2) is 30.3 Å². The van der Waals surface area contributed by atoms with Crippen molar-refractivity contribution >= 4 is 5.78 Å². The number of fused-ring (bicyclic) bond motifs is 3. The maximum atomic E-state index is 13.2. The van der Waals surface area contributed by atoms with Crippen LogP contribution in [0.1, 0.15) is 61.0 Å². The van der Waals surface area contributed by atoms with Gasteiger partial charge in [-0.15, -0.1) is 0 Å². The highest BCUT2D eigenvalue weighted by atomic mass is 16.5. The lowest BCUT2D eigenvalue weighted by Crippen LogP contribution is -2.33. The Balaban J connectivity index is 1.64. The van der Waals surface area contributed by atoms with Crippen LogP contribution in [0.2, 0.25) is 0 Å². The van der Waals surface area contributed by atoms with E-state index in [1.165, 1.54) is 19.3 Å². The highest BCUT2D eigenvalue weighted by Gasteiger charge is 2.33. The summed E-state index contributed by atoms with van der Waals surface area (Å²) in [5.41, 5.74) is 4.44. The number of aryl methyl sites for hydroxylation is 1. The summed E-state index contributed by atoms with van der Waals surface area (Å²) in [7, 11) is 0. The number of rotatable bonds is 8. The summed E-state index contributed by atoms with van der Waals surface area (Å²) < 4.78 is 12.2. The van der Waals surface area contributed by atoms with Gasteiger partial charge in [-0.2, -0.15) is 0 Å². The molecule has 4 rings (SSSR count). The number of carbonyl (C=O) groups excluding carboxylic acids is 1. The van der Waals surface area contributed by atoms with Crippen molar-refractivity contribution in [3.8, 4) is 22.6 Å². The number of piperidine rings is 1. The van der Waals surface area contributed by atoms with E-state index in [1.54, 1.807) is 0 Å². The van der Waals surface area contributed by atoms with Crippen LogP contribution in [0.3, 0.4) is 0 Å². The van der Waals surface area contributed by atoms with Crippen LogP contribution in [-0.4, -0.2) is 43.5 Å². The van der Waals surface area contributed by atoms with Gasteiger partial charge in [-0.1, -0.05) is 31.9 Å². The van der Waals surface area contributed by atoms with Crippen molar-refractivity contribution < 1.29 is 14.3 Å². The topological polar surface area (TPSA) is 38.8 Å². The zero-order valence-corrected chi connectivity index (χ0v) is 17.6. The number of likely N-dealkylation sites (tertiary alicyclic amines) is 1. The summed E-state index contributed by atoms with van der Waals surface area (Å²) >= 11 is 0. The van der Waals surface area contributed by atoms with Gasteiger partial charge >= 0.3 is 0 Å². The lowest BCUT2D eigenvalue weighted by atomic mass is 9.99. The second kappa shape index (κ2) is 9.00. The summed E-state index contributed by atoms with van der Waals surface area (Å²) in [5, 5.41) is 0. The zero-order chi connectivity index (χ0) is 20.2. The van der Waals surface area contributed by atoms with E-state index in [4.69, 9.17) is 9.47 Å². The Labute approximate surface area is 173 Å². The third-order valence-corrected chi connectivity index (χ3v) is 5.88. The predicted octanol–water partition coefficient (Wildman–Crippen LogP) is 5.11. The highest BCUT2D eigenvalue weighted by Crippen LogP contribution is 2.48. The average molecular weight is 394 g/mol. The van der Waals surface area contributed by atoms with E-state index in [-0.39, 0.29) is 5.78 Å². The molecular weight excluding hydrogens is 362 g/mol. The fourth-order valence-corrected chi connectivity index (χ4v) is 4.52. The Bertz CT molecular complexity index is 884. The summed E-state index contributed by atoms with van der Waals surface area (Å²) in [4.78, 5) is 15.6. The molecule has 0 unspecified atom stereocenters. The lowest BCUT2D eigenvalue weighted by molar-refractivity contribution is 0.104. The van der Waals surface area contributed by atoms with Crippen molar-refractivity contribution in [1.82, 2.24) is 4.90 Å². The zero-order valence-electron chi connectivity index (χ0n) is 17.6. The molecule has 154 valence electrons. The number of ether oxygens (including phenoxy) is 2. The summed E-state index contributed by atoms with van der Waals surface area (Å²) in [6.07, 6.45) is 5.87. The smallest absolute Gasteiger partial charge is 0.194 e. The molecule has 2 aromatic carbocycles. The first-order valence-electron chi connectivity index (χ1n) is 11.1. The number of nitrogens with zero attached hydrogens (tertiary/aromatic N) is 1. The molecule has 2 aliphatic rings. The van der Waals surface area contributed by atoms with Crippen LogP contribution in [0, 0.1) is 0 Å². The fourth-order valence-electron chi connectivity index (χ4n) is 4.52. The van der Waals surface area contributed by atoms with Gasteiger partial charge in [0.05, 0.1) is 6.61 Å². The van der Waals surface area contributed by atoms with E-state index in [0.717, 1.165) is 71.8 Å². The molecule has 0 atom stereocenters. The van der Waals surface area contributed by atoms with E-state index >= 15 is 0 Å². The summed E-state index contributed by atoms with van der Waals surface area (Å²) in [6, 6.07) is 9.95. The van der Waals surface area contributed by atoms with E-state index in [1.807, 2.05) is 31.2 Å². The Morgan fingerprint density at radius 2 is 1.72 bits per heavy atom. The molecule has 0 spiro atoms. The molecule has 0 N–H and O–H groups in total. The van der Waals surface area contributed by atoms with Crippen LogP contribution in [0.4, 0.5) is 0 Å². The van der Waals surface area contributed by atoms with Gasteiger partial charge in [-0.25, -0.2) is 0 Å². The van der Waals surface area contributed by atoms with Gasteiger partial charge in [0.25, 0.3) is 0 Å². The second-order valence-electron chi connectivity index (χ2n) is 7.96. The van der Waals surface area contributed by atoms with Gasteiger partial charge in [0, 0.05) is 28.8 Å². The third-order valence-electron chi connectivity index (χ3n) is 5.88. The molecule has 0 bridgehead atoms. The van der Waals surface area contributed by atoms with Crippen LogP contribution in [0.25, 0.3) is 11.1 Å². The molecule has 0 aromatic heterocycles. The Kier molecular flexibility index (Phi) is 6.19. The number of carbonyl (C=O) groups is 1. The monoisotopic (exact) mass is 393 g/mol. The number of hydrogen-bond donors (Lipinski definition) is 0. The van der Waals surface area contributed by atoms with Crippen molar-refractivity contribution in [2.24, 2.45) is 0 Å². The van der Waals surface area contributed by atoms with Crippen molar-refractivity contribution in [3.63, 3.8) is 0 Å². The third kappa shape index (κ3) is 4.04. The molecule has 4 heteroatoms. The number of hydrogen-bond acceptors (Lipinski definition) is 4. The first-order chi connectivity index (χ1) is 14.2. The Morgan fingerprint density at radius 1 is 0.931 bits per heavy atom. The van der Waals surface area contributed by atoms with Crippen LogP contribution in [0.5, 0.6) is 11.5 Å². The summed E-state index contributed by atoms with van der Waals surface area (Å²) in [5.74, 6) is 1.67. The van der Waals surface area contributed by atoms with Crippen LogP contribution in [-0.2, 0) is 6.42 Å². The largest absolute Gasteiger partial charge is 0.493 e. The molecule has 1 aliphatic carbocycles. The lowest BCUT2D eigenvalue weighted by Gasteiger charge is -2.26.